The van der Waals surface area contributed by atoms with Gasteiger partial charge in [0.2, 0.25) is 5.95 Å². The largest absolute Gasteiger partial charge is 0.362 e. The normalized spacial score (nSPS) is 20.6. The molecule has 1 saturated carbocycles. The second-order valence-electron chi connectivity index (χ2n) is 8.95. The van der Waals surface area contributed by atoms with Crippen LogP contribution >= 0.6 is 22.6 Å². The molecule has 6 nitrogen and oxygen atoms in total. The van der Waals surface area contributed by atoms with Gasteiger partial charge in [-0.05, 0) is 92.0 Å². The highest BCUT2D eigenvalue weighted by Crippen LogP contribution is 2.30. The lowest BCUT2D eigenvalue weighted by atomic mass is 9.86. The summed E-state index contributed by atoms with van der Waals surface area (Å²) in [6.07, 6.45) is 8.97. The van der Waals surface area contributed by atoms with Crippen molar-refractivity contribution in [3.63, 3.8) is 0 Å². The molecule has 0 atom stereocenters. The maximum Gasteiger partial charge on any atom is 0.252 e. The van der Waals surface area contributed by atoms with E-state index in [1.165, 1.54) is 24.1 Å². The third-order valence-electron chi connectivity index (χ3n) is 6.43. The van der Waals surface area contributed by atoms with E-state index in [0.29, 0.717) is 12.0 Å². The molecule has 7 heteroatoms. The predicted octanol–water partition coefficient (Wildman–Crippen LogP) is 4.43. The zero-order chi connectivity index (χ0) is 21.8. The summed E-state index contributed by atoms with van der Waals surface area (Å²) in [7, 11) is 4.13. The van der Waals surface area contributed by atoms with Gasteiger partial charge in [0.15, 0.2) is 0 Å². The number of aromatic nitrogens is 2. The molecule has 0 aliphatic heterocycles. The van der Waals surface area contributed by atoms with E-state index in [-0.39, 0.29) is 5.91 Å². The van der Waals surface area contributed by atoms with Crippen molar-refractivity contribution in [1.82, 2.24) is 15.3 Å². The molecule has 1 fully saturated rings. The van der Waals surface area contributed by atoms with Crippen molar-refractivity contribution >= 4 is 40.3 Å². The predicted molar refractivity (Wildman–Crippen MR) is 134 cm³/mol. The Morgan fingerprint density at radius 1 is 1.10 bits per heavy atom. The van der Waals surface area contributed by atoms with Crippen LogP contribution < -0.4 is 15.5 Å². The molecule has 2 aromatic rings. The molecule has 0 unspecified atom stereocenters. The van der Waals surface area contributed by atoms with Crippen molar-refractivity contribution in [3.05, 3.63) is 44.7 Å². The van der Waals surface area contributed by atoms with E-state index < -0.39 is 0 Å². The third kappa shape index (κ3) is 5.48. The molecule has 31 heavy (non-hydrogen) atoms. The van der Waals surface area contributed by atoms with Crippen LogP contribution in [0.2, 0.25) is 0 Å². The average Bonchev–Trinajstić information content (AvgIpc) is 2.78. The first-order valence-electron chi connectivity index (χ1n) is 11.4. The molecule has 1 aromatic carbocycles. The molecular formula is C24H32IN5O. The number of amides is 1. The number of halogens is 1. The van der Waals surface area contributed by atoms with Crippen molar-refractivity contribution in [1.29, 1.82) is 0 Å². The van der Waals surface area contributed by atoms with Gasteiger partial charge in [-0.3, -0.25) is 4.79 Å². The molecule has 0 radical (unpaired) electrons. The zero-order valence-electron chi connectivity index (χ0n) is 18.5. The topological polar surface area (TPSA) is 70.2 Å². The van der Waals surface area contributed by atoms with Gasteiger partial charge >= 0.3 is 0 Å². The second-order valence-corrected chi connectivity index (χ2v) is 10.1. The van der Waals surface area contributed by atoms with Crippen LogP contribution in [0.4, 0.5) is 11.8 Å². The van der Waals surface area contributed by atoms with Crippen LogP contribution in [0, 0.1) is 9.49 Å². The number of nitrogens with one attached hydrogen (secondary N) is 2. The fourth-order valence-electron chi connectivity index (χ4n) is 4.68. The van der Waals surface area contributed by atoms with Gasteiger partial charge in [-0.2, -0.15) is 4.98 Å². The van der Waals surface area contributed by atoms with E-state index in [1.807, 2.05) is 24.3 Å². The SMILES string of the molecule is CN(C)c1nc(NC2CCC(CNC(=O)c3ccccc3I)CC2)nc2c1CCCC2. The Hall–Kier alpha value is -1.90. The zero-order valence-corrected chi connectivity index (χ0v) is 20.6. The van der Waals surface area contributed by atoms with Crippen LogP contribution in [-0.4, -0.2) is 42.6 Å². The van der Waals surface area contributed by atoms with Gasteiger partial charge in [-0.15, -0.1) is 0 Å². The Bertz CT molecular complexity index is 924. The highest BCUT2D eigenvalue weighted by molar-refractivity contribution is 14.1. The van der Waals surface area contributed by atoms with Crippen molar-refractivity contribution in [2.75, 3.05) is 30.9 Å². The minimum Gasteiger partial charge on any atom is -0.362 e. The maximum atomic E-state index is 12.5. The molecule has 1 heterocycles. The lowest BCUT2D eigenvalue weighted by Gasteiger charge is -2.30. The highest BCUT2D eigenvalue weighted by atomic mass is 127. The molecule has 166 valence electrons. The van der Waals surface area contributed by atoms with Gasteiger partial charge in [0.25, 0.3) is 5.91 Å². The summed E-state index contributed by atoms with van der Waals surface area (Å²) in [4.78, 5) is 24.3. The minimum atomic E-state index is 0.0314. The molecule has 0 saturated heterocycles. The van der Waals surface area contributed by atoms with Gasteiger partial charge in [0.05, 0.1) is 11.3 Å². The highest BCUT2D eigenvalue weighted by Gasteiger charge is 2.24. The van der Waals surface area contributed by atoms with Crippen LogP contribution in [0.15, 0.2) is 24.3 Å². The third-order valence-corrected chi connectivity index (χ3v) is 7.38. The summed E-state index contributed by atoms with van der Waals surface area (Å²) in [6.45, 7) is 0.747. The number of carbonyl (C=O) groups excluding carboxylic acids is 1. The molecule has 0 spiro atoms. The Labute approximate surface area is 198 Å². The Morgan fingerprint density at radius 2 is 1.84 bits per heavy atom. The van der Waals surface area contributed by atoms with E-state index in [4.69, 9.17) is 9.97 Å². The number of nitrogens with zero attached hydrogens (tertiary/aromatic N) is 3. The van der Waals surface area contributed by atoms with E-state index in [0.717, 1.165) is 66.0 Å². The summed E-state index contributed by atoms with van der Waals surface area (Å²) in [5.74, 6) is 2.41. The molecule has 2 aliphatic carbocycles. The van der Waals surface area contributed by atoms with Crippen molar-refractivity contribution in [3.8, 4) is 0 Å². The quantitative estimate of drug-likeness (QED) is 0.538. The molecule has 4 rings (SSSR count). The molecule has 1 amide bonds. The second kappa shape index (κ2) is 10.1. The first-order chi connectivity index (χ1) is 15.0. The summed E-state index contributed by atoms with van der Waals surface area (Å²) >= 11 is 2.22. The fraction of sp³-hybridized carbons (Fsp3) is 0.542. The first kappa shape index (κ1) is 22.3. The van der Waals surface area contributed by atoms with Crippen LogP contribution in [-0.2, 0) is 12.8 Å². The number of rotatable bonds is 6. The van der Waals surface area contributed by atoms with Crippen molar-refractivity contribution < 1.29 is 4.79 Å². The van der Waals surface area contributed by atoms with Gasteiger partial charge in [-0.1, -0.05) is 12.1 Å². The standard InChI is InChI=1S/C24H32IN5O/c1-30(2)22-19-8-4-6-10-21(19)28-24(29-22)27-17-13-11-16(12-14-17)15-26-23(31)18-7-3-5-9-20(18)25/h3,5,7,9,16-17H,4,6,8,10-15H2,1-2H3,(H,26,31)(H,27,28,29). The molecular weight excluding hydrogens is 501 g/mol. The number of benzene rings is 1. The molecule has 2 aliphatic rings. The number of hydrogen-bond acceptors (Lipinski definition) is 5. The lowest BCUT2D eigenvalue weighted by Crippen LogP contribution is -2.34. The molecule has 1 aromatic heterocycles. The fourth-order valence-corrected chi connectivity index (χ4v) is 5.31. The molecule has 2 N–H and O–H groups in total. The number of fused-ring (bicyclic) bond motifs is 1. The number of hydrogen-bond donors (Lipinski definition) is 2. The van der Waals surface area contributed by atoms with Crippen molar-refractivity contribution in [2.24, 2.45) is 5.92 Å². The van der Waals surface area contributed by atoms with E-state index in [2.05, 4.69) is 52.2 Å². The number of aryl methyl sites for hydroxylation is 1. The Kier molecular flexibility index (Phi) is 7.30. The van der Waals surface area contributed by atoms with Crippen LogP contribution in [0.1, 0.15) is 60.1 Å². The van der Waals surface area contributed by atoms with Gasteiger partial charge in [-0.25, -0.2) is 4.98 Å². The van der Waals surface area contributed by atoms with Crippen molar-refractivity contribution in [2.45, 2.75) is 57.4 Å². The Morgan fingerprint density at radius 3 is 2.58 bits per heavy atom. The van der Waals surface area contributed by atoms with Gasteiger partial charge in [0, 0.05) is 35.8 Å². The number of anilines is 2. The van der Waals surface area contributed by atoms with E-state index in [1.54, 1.807) is 0 Å². The van der Waals surface area contributed by atoms with Crippen LogP contribution in [0.25, 0.3) is 0 Å². The van der Waals surface area contributed by atoms with Gasteiger partial charge < -0.3 is 15.5 Å². The minimum absolute atomic E-state index is 0.0314. The monoisotopic (exact) mass is 533 g/mol. The molecule has 0 bridgehead atoms. The summed E-state index contributed by atoms with van der Waals surface area (Å²) in [6, 6.07) is 8.13. The summed E-state index contributed by atoms with van der Waals surface area (Å²) < 4.78 is 0.993. The average molecular weight is 533 g/mol. The van der Waals surface area contributed by atoms with E-state index in [9.17, 15) is 4.79 Å². The lowest BCUT2D eigenvalue weighted by molar-refractivity contribution is 0.0942. The van der Waals surface area contributed by atoms with Crippen LogP contribution in [0.5, 0.6) is 0 Å². The first-order valence-corrected chi connectivity index (χ1v) is 12.5. The maximum absolute atomic E-state index is 12.5. The smallest absolute Gasteiger partial charge is 0.252 e. The van der Waals surface area contributed by atoms with E-state index >= 15 is 0 Å². The van der Waals surface area contributed by atoms with Gasteiger partial charge in [0.1, 0.15) is 5.82 Å². The summed E-state index contributed by atoms with van der Waals surface area (Å²) in [5.41, 5.74) is 3.31. The number of carbonyl (C=O) groups is 1. The Balaban J connectivity index is 1.30. The van der Waals surface area contributed by atoms with Crippen LogP contribution in [0.3, 0.4) is 0 Å². The summed E-state index contributed by atoms with van der Waals surface area (Å²) in [5, 5.41) is 6.74.